The summed E-state index contributed by atoms with van der Waals surface area (Å²) in [7, 11) is 1.60. The van der Waals surface area contributed by atoms with Gasteiger partial charge in [0.1, 0.15) is 23.8 Å². The average Bonchev–Trinajstić information content (AvgIpc) is 3.22. The summed E-state index contributed by atoms with van der Waals surface area (Å²) in [5.41, 5.74) is 1.36. The average molecular weight is 328 g/mol. The van der Waals surface area contributed by atoms with Gasteiger partial charge in [-0.05, 0) is 42.6 Å². The fraction of sp³-hybridized carbons (Fsp3) is 0.176. The van der Waals surface area contributed by atoms with Crippen LogP contribution in [0.4, 0.5) is 0 Å². The fourth-order valence-electron chi connectivity index (χ4n) is 2.07. The van der Waals surface area contributed by atoms with Gasteiger partial charge in [-0.15, -0.1) is 11.3 Å². The first kappa shape index (κ1) is 15.3. The van der Waals surface area contributed by atoms with Crippen molar-refractivity contribution in [3.63, 3.8) is 0 Å². The molecular weight excluding hydrogens is 312 g/mol. The quantitative estimate of drug-likeness (QED) is 0.776. The number of rotatable bonds is 5. The van der Waals surface area contributed by atoms with Crippen LogP contribution < -0.4 is 10.1 Å². The molecule has 0 bridgehead atoms. The number of amides is 1. The van der Waals surface area contributed by atoms with Crippen molar-refractivity contribution in [2.45, 2.75) is 13.5 Å². The summed E-state index contributed by atoms with van der Waals surface area (Å²) >= 11 is 1.58. The first-order chi connectivity index (χ1) is 11.2. The van der Waals surface area contributed by atoms with Crippen LogP contribution in [-0.4, -0.2) is 17.9 Å². The summed E-state index contributed by atoms with van der Waals surface area (Å²) in [4.78, 5) is 17.0. The maximum atomic E-state index is 11.5. The lowest BCUT2D eigenvalue weighted by molar-refractivity contribution is 0.0963. The topological polar surface area (TPSA) is 64.4 Å². The Morgan fingerprint density at radius 1 is 1.30 bits per heavy atom. The minimum atomic E-state index is -0.121. The van der Waals surface area contributed by atoms with Crippen LogP contribution in [0.25, 0.3) is 10.8 Å². The number of ether oxygens (including phenoxy) is 1. The largest absolute Gasteiger partial charge is 0.487 e. The Morgan fingerprint density at radius 2 is 2.09 bits per heavy atom. The number of oxazole rings is 1. The zero-order valence-electron chi connectivity index (χ0n) is 12.8. The van der Waals surface area contributed by atoms with Crippen LogP contribution in [0, 0.1) is 6.92 Å². The van der Waals surface area contributed by atoms with Crippen molar-refractivity contribution in [1.82, 2.24) is 10.3 Å². The number of carbonyl (C=O) groups is 1. The number of aromatic nitrogens is 1. The molecule has 23 heavy (non-hydrogen) atoms. The summed E-state index contributed by atoms with van der Waals surface area (Å²) in [6.07, 6.45) is 0. The lowest BCUT2D eigenvalue weighted by atomic mass is 10.2. The molecule has 0 aliphatic rings. The molecule has 1 amide bonds. The molecule has 2 aromatic heterocycles. The lowest BCUT2D eigenvalue weighted by Crippen LogP contribution is -2.17. The van der Waals surface area contributed by atoms with Gasteiger partial charge in [-0.1, -0.05) is 6.07 Å². The molecule has 5 nitrogen and oxygen atoms in total. The third-order valence-corrected chi connectivity index (χ3v) is 4.20. The van der Waals surface area contributed by atoms with Crippen LogP contribution in [0.2, 0.25) is 0 Å². The van der Waals surface area contributed by atoms with Crippen molar-refractivity contribution >= 4 is 17.2 Å². The van der Waals surface area contributed by atoms with E-state index >= 15 is 0 Å². The number of nitrogens with one attached hydrogen (secondary N) is 1. The van der Waals surface area contributed by atoms with Gasteiger partial charge in [0.15, 0.2) is 0 Å². The molecular formula is C17H16N2O3S. The van der Waals surface area contributed by atoms with Crippen LogP contribution in [0.5, 0.6) is 5.75 Å². The highest BCUT2D eigenvalue weighted by Gasteiger charge is 2.12. The van der Waals surface area contributed by atoms with Gasteiger partial charge in [0.05, 0.1) is 4.88 Å². The SMILES string of the molecule is CNC(=O)c1ccc(OCc2nc(-c3cccs3)oc2C)cc1. The Hall–Kier alpha value is -2.60. The third kappa shape index (κ3) is 3.43. The predicted molar refractivity (Wildman–Crippen MR) is 88.7 cm³/mol. The second-order valence-electron chi connectivity index (χ2n) is 4.89. The van der Waals surface area contributed by atoms with E-state index in [1.807, 2.05) is 24.4 Å². The molecule has 118 valence electrons. The van der Waals surface area contributed by atoms with Crippen molar-refractivity contribution in [2.24, 2.45) is 0 Å². The Kier molecular flexibility index (Phi) is 4.43. The highest BCUT2D eigenvalue weighted by molar-refractivity contribution is 7.13. The second-order valence-corrected chi connectivity index (χ2v) is 5.84. The van der Waals surface area contributed by atoms with E-state index in [9.17, 15) is 4.79 Å². The van der Waals surface area contributed by atoms with Crippen molar-refractivity contribution in [3.05, 3.63) is 58.8 Å². The minimum Gasteiger partial charge on any atom is -0.487 e. The van der Waals surface area contributed by atoms with Gasteiger partial charge >= 0.3 is 0 Å². The molecule has 0 saturated heterocycles. The van der Waals surface area contributed by atoms with Crippen LogP contribution in [-0.2, 0) is 6.61 Å². The summed E-state index contributed by atoms with van der Waals surface area (Å²) in [5.74, 6) is 1.92. The van der Waals surface area contributed by atoms with Gasteiger partial charge < -0.3 is 14.5 Å². The van der Waals surface area contributed by atoms with Crippen LogP contribution in [0.3, 0.4) is 0 Å². The van der Waals surface area contributed by atoms with Crippen molar-refractivity contribution < 1.29 is 13.9 Å². The van der Waals surface area contributed by atoms with Crippen molar-refractivity contribution in [3.8, 4) is 16.5 Å². The summed E-state index contributed by atoms with van der Waals surface area (Å²) in [5, 5.41) is 4.57. The van der Waals surface area contributed by atoms with E-state index in [1.54, 1.807) is 42.6 Å². The predicted octanol–water partition coefficient (Wildman–Crippen LogP) is 3.65. The number of nitrogens with zero attached hydrogens (tertiary/aromatic N) is 1. The van der Waals surface area contributed by atoms with Crippen LogP contribution in [0.1, 0.15) is 21.8 Å². The number of hydrogen-bond donors (Lipinski definition) is 1. The Labute approximate surface area is 137 Å². The molecule has 1 N–H and O–H groups in total. The van der Waals surface area contributed by atoms with E-state index in [0.717, 1.165) is 16.3 Å². The zero-order valence-corrected chi connectivity index (χ0v) is 13.6. The maximum Gasteiger partial charge on any atom is 0.251 e. The molecule has 0 saturated carbocycles. The molecule has 0 fully saturated rings. The molecule has 3 aromatic rings. The lowest BCUT2D eigenvalue weighted by Gasteiger charge is -2.05. The van der Waals surface area contributed by atoms with Gasteiger partial charge in [0, 0.05) is 12.6 Å². The number of carbonyl (C=O) groups excluding carboxylic acids is 1. The standard InChI is InChI=1S/C17H16N2O3S/c1-11-14(19-17(22-11)15-4-3-9-23-15)10-21-13-7-5-12(6-8-13)16(20)18-2/h3-9H,10H2,1-2H3,(H,18,20). The first-order valence-electron chi connectivity index (χ1n) is 7.12. The number of aryl methyl sites for hydroxylation is 1. The molecule has 2 heterocycles. The number of thiophene rings is 1. The molecule has 3 rings (SSSR count). The number of benzene rings is 1. The van der Waals surface area contributed by atoms with Crippen LogP contribution >= 0.6 is 11.3 Å². The molecule has 6 heteroatoms. The Balaban J connectivity index is 1.68. The number of hydrogen-bond acceptors (Lipinski definition) is 5. The molecule has 0 unspecified atom stereocenters. The molecule has 0 radical (unpaired) electrons. The van der Waals surface area contributed by atoms with Gasteiger partial charge in [-0.2, -0.15) is 0 Å². The molecule has 0 aliphatic heterocycles. The van der Waals surface area contributed by atoms with Crippen molar-refractivity contribution in [1.29, 1.82) is 0 Å². The molecule has 1 aromatic carbocycles. The van der Waals surface area contributed by atoms with E-state index in [2.05, 4.69) is 10.3 Å². The first-order valence-corrected chi connectivity index (χ1v) is 8.00. The molecule has 0 aliphatic carbocycles. The summed E-state index contributed by atoms with van der Waals surface area (Å²) < 4.78 is 11.4. The van der Waals surface area contributed by atoms with Gasteiger partial charge in [0.25, 0.3) is 5.91 Å². The van der Waals surface area contributed by atoms with Gasteiger partial charge in [0.2, 0.25) is 5.89 Å². The normalized spacial score (nSPS) is 10.5. The minimum absolute atomic E-state index is 0.121. The van der Waals surface area contributed by atoms with E-state index in [0.29, 0.717) is 23.8 Å². The highest BCUT2D eigenvalue weighted by atomic mass is 32.1. The Bertz CT molecular complexity index is 792. The van der Waals surface area contributed by atoms with E-state index in [1.165, 1.54) is 0 Å². The van der Waals surface area contributed by atoms with E-state index < -0.39 is 0 Å². The fourth-order valence-corrected chi connectivity index (χ4v) is 2.72. The monoisotopic (exact) mass is 328 g/mol. The van der Waals surface area contributed by atoms with E-state index in [-0.39, 0.29) is 5.91 Å². The highest BCUT2D eigenvalue weighted by Crippen LogP contribution is 2.26. The van der Waals surface area contributed by atoms with Gasteiger partial charge in [-0.25, -0.2) is 4.98 Å². The second kappa shape index (κ2) is 6.66. The zero-order chi connectivity index (χ0) is 16.2. The smallest absolute Gasteiger partial charge is 0.251 e. The van der Waals surface area contributed by atoms with Gasteiger partial charge in [-0.3, -0.25) is 4.79 Å². The molecule has 0 spiro atoms. The maximum absolute atomic E-state index is 11.5. The third-order valence-electron chi connectivity index (χ3n) is 3.34. The molecule has 0 atom stereocenters. The summed E-state index contributed by atoms with van der Waals surface area (Å²) in [6.45, 7) is 2.19. The van der Waals surface area contributed by atoms with Crippen LogP contribution in [0.15, 0.2) is 46.2 Å². The van der Waals surface area contributed by atoms with E-state index in [4.69, 9.17) is 9.15 Å². The Morgan fingerprint density at radius 3 is 2.74 bits per heavy atom. The summed E-state index contributed by atoms with van der Waals surface area (Å²) in [6, 6.07) is 10.9. The van der Waals surface area contributed by atoms with Crippen molar-refractivity contribution in [2.75, 3.05) is 7.05 Å².